The Morgan fingerprint density at radius 3 is 1.91 bits per heavy atom. The monoisotopic (exact) mass is 303 g/mol. The smallest absolute Gasteiger partial charge is 0.119 e. The fourth-order valence-electron chi connectivity index (χ4n) is 2.41. The molecule has 3 aromatic carbocycles. The summed E-state index contributed by atoms with van der Waals surface area (Å²) in [5, 5.41) is 3.44. The first kappa shape index (κ1) is 15.2. The number of hydrogen-bond acceptors (Lipinski definition) is 2. The Balaban J connectivity index is 1.45. The van der Waals surface area contributed by atoms with Crippen LogP contribution in [0.4, 0.5) is 5.69 Å². The number of hydrogen-bond donors (Lipinski definition) is 1. The van der Waals surface area contributed by atoms with Crippen molar-refractivity contribution in [3.63, 3.8) is 0 Å². The number of nitrogens with one attached hydrogen (secondary N) is 1. The van der Waals surface area contributed by atoms with Gasteiger partial charge in [0.15, 0.2) is 0 Å². The summed E-state index contributed by atoms with van der Waals surface area (Å²) in [4.78, 5) is 0. The van der Waals surface area contributed by atoms with Crippen LogP contribution < -0.4 is 10.1 Å². The van der Waals surface area contributed by atoms with E-state index in [0.717, 1.165) is 24.4 Å². The van der Waals surface area contributed by atoms with Gasteiger partial charge in [-0.2, -0.15) is 0 Å². The number of anilines is 1. The molecule has 0 aliphatic rings. The standard InChI is InChI=1S/C21H21NO/c1-3-7-18(8-4-1)15-16-22-20-11-13-21(14-12-20)23-17-19-9-5-2-6-10-19/h1-14,22H,15-17H2. The normalized spacial score (nSPS) is 10.3. The summed E-state index contributed by atoms with van der Waals surface area (Å²) in [6.07, 6.45) is 1.02. The second-order valence-corrected chi connectivity index (χ2v) is 5.46. The Kier molecular flexibility index (Phi) is 5.30. The van der Waals surface area contributed by atoms with Crippen LogP contribution in [-0.4, -0.2) is 6.54 Å². The topological polar surface area (TPSA) is 21.3 Å². The Morgan fingerprint density at radius 1 is 0.652 bits per heavy atom. The molecular weight excluding hydrogens is 282 g/mol. The van der Waals surface area contributed by atoms with Gasteiger partial charge in [0, 0.05) is 12.2 Å². The Morgan fingerprint density at radius 2 is 1.26 bits per heavy atom. The number of benzene rings is 3. The van der Waals surface area contributed by atoms with Crippen molar-refractivity contribution in [1.82, 2.24) is 0 Å². The molecule has 0 spiro atoms. The van der Waals surface area contributed by atoms with Crippen LogP contribution in [0.5, 0.6) is 5.75 Å². The van der Waals surface area contributed by atoms with Gasteiger partial charge in [-0.3, -0.25) is 0 Å². The lowest BCUT2D eigenvalue weighted by molar-refractivity contribution is 0.306. The van der Waals surface area contributed by atoms with E-state index < -0.39 is 0 Å². The van der Waals surface area contributed by atoms with Crippen molar-refractivity contribution in [3.8, 4) is 5.75 Å². The van der Waals surface area contributed by atoms with Gasteiger partial charge in [-0.1, -0.05) is 60.7 Å². The van der Waals surface area contributed by atoms with E-state index in [2.05, 4.69) is 53.8 Å². The van der Waals surface area contributed by atoms with Gasteiger partial charge < -0.3 is 10.1 Å². The van der Waals surface area contributed by atoms with Crippen LogP contribution in [-0.2, 0) is 13.0 Å². The van der Waals surface area contributed by atoms with Gasteiger partial charge in [0.2, 0.25) is 0 Å². The maximum absolute atomic E-state index is 5.79. The molecule has 2 heteroatoms. The van der Waals surface area contributed by atoms with Gasteiger partial charge in [0.25, 0.3) is 0 Å². The first-order valence-electron chi connectivity index (χ1n) is 7.95. The van der Waals surface area contributed by atoms with Gasteiger partial charge in [-0.25, -0.2) is 0 Å². The zero-order valence-corrected chi connectivity index (χ0v) is 13.1. The molecule has 2 nitrogen and oxygen atoms in total. The van der Waals surface area contributed by atoms with E-state index in [9.17, 15) is 0 Å². The largest absolute Gasteiger partial charge is 0.489 e. The molecule has 0 aliphatic heterocycles. The van der Waals surface area contributed by atoms with Gasteiger partial charge in [0.05, 0.1) is 0 Å². The zero-order chi connectivity index (χ0) is 15.7. The van der Waals surface area contributed by atoms with E-state index in [1.54, 1.807) is 0 Å². The van der Waals surface area contributed by atoms with Crippen molar-refractivity contribution in [2.24, 2.45) is 0 Å². The highest BCUT2D eigenvalue weighted by Crippen LogP contribution is 2.17. The molecule has 0 bridgehead atoms. The summed E-state index contributed by atoms with van der Waals surface area (Å²) in [5.74, 6) is 0.891. The van der Waals surface area contributed by atoms with Gasteiger partial charge in [0.1, 0.15) is 12.4 Å². The van der Waals surface area contributed by atoms with Crippen LogP contribution in [0.15, 0.2) is 84.9 Å². The van der Waals surface area contributed by atoms with Crippen LogP contribution in [0.2, 0.25) is 0 Å². The maximum atomic E-state index is 5.79. The molecule has 116 valence electrons. The molecule has 0 fully saturated rings. The third kappa shape index (κ3) is 4.89. The summed E-state index contributed by atoms with van der Waals surface area (Å²) in [5.41, 5.74) is 3.65. The molecule has 0 saturated carbocycles. The van der Waals surface area contributed by atoms with Gasteiger partial charge in [-0.15, -0.1) is 0 Å². The fraction of sp³-hybridized carbons (Fsp3) is 0.143. The van der Waals surface area contributed by atoms with E-state index in [-0.39, 0.29) is 0 Å². The minimum absolute atomic E-state index is 0.599. The molecule has 0 aromatic heterocycles. The van der Waals surface area contributed by atoms with Crippen molar-refractivity contribution in [3.05, 3.63) is 96.1 Å². The van der Waals surface area contributed by atoms with Crippen LogP contribution in [0, 0.1) is 0 Å². The van der Waals surface area contributed by atoms with Gasteiger partial charge >= 0.3 is 0 Å². The highest BCUT2D eigenvalue weighted by Gasteiger charge is 1.97. The third-order valence-electron chi connectivity index (χ3n) is 3.69. The van der Waals surface area contributed by atoms with E-state index in [1.165, 1.54) is 11.1 Å². The van der Waals surface area contributed by atoms with E-state index in [4.69, 9.17) is 4.74 Å². The highest BCUT2D eigenvalue weighted by atomic mass is 16.5. The molecule has 23 heavy (non-hydrogen) atoms. The zero-order valence-electron chi connectivity index (χ0n) is 13.1. The van der Waals surface area contributed by atoms with Crippen molar-refractivity contribution in [2.45, 2.75) is 13.0 Å². The lowest BCUT2D eigenvalue weighted by Gasteiger charge is -2.09. The average molecular weight is 303 g/mol. The number of rotatable bonds is 7. The van der Waals surface area contributed by atoms with Crippen LogP contribution >= 0.6 is 0 Å². The average Bonchev–Trinajstić information content (AvgIpc) is 2.63. The van der Waals surface area contributed by atoms with Crippen molar-refractivity contribution in [2.75, 3.05) is 11.9 Å². The van der Waals surface area contributed by atoms with Crippen molar-refractivity contribution in [1.29, 1.82) is 0 Å². The molecule has 0 aliphatic carbocycles. The van der Waals surface area contributed by atoms with E-state index in [0.29, 0.717) is 6.61 Å². The lowest BCUT2D eigenvalue weighted by Crippen LogP contribution is -2.04. The molecule has 0 unspecified atom stereocenters. The Labute approximate surface area is 137 Å². The molecule has 3 aromatic rings. The summed E-state index contributed by atoms with van der Waals surface area (Å²) >= 11 is 0. The molecule has 1 N–H and O–H groups in total. The predicted molar refractivity (Wildman–Crippen MR) is 95.9 cm³/mol. The minimum Gasteiger partial charge on any atom is -0.489 e. The minimum atomic E-state index is 0.599. The Bertz CT molecular complexity index is 693. The first-order valence-corrected chi connectivity index (χ1v) is 7.95. The van der Waals surface area contributed by atoms with Crippen LogP contribution in [0.25, 0.3) is 0 Å². The molecule has 0 saturated heterocycles. The first-order chi connectivity index (χ1) is 11.4. The second-order valence-electron chi connectivity index (χ2n) is 5.46. The van der Waals surface area contributed by atoms with Crippen LogP contribution in [0.3, 0.4) is 0 Å². The van der Waals surface area contributed by atoms with Crippen molar-refractivity contribution < 1.29 is 4.74 Å². The highest BCUT2D eigenvalue weighted by molar-refractivity contribution is 5.46. The van der Waals surface area contributed by atoms with Crippen LogP contribution in [0.1, 0.15) is 11.1 Å². The van der Waals surface area contributed by atoms with E-state index in [1.807, 2.05) is 36.4 Å². The quantitative estimate of drug-likeness (QED) is 0.669. The molecule has 3 rings (SSSR count). The molecule has 0 radical (unpaired) electrons. The lowest BCUT2D eigenvalue weighted by atomic mass is 10.1. The number of ether oxygens (including phenoxy) is 1. The summed E-state index contributed by atoms with van der Waals surface area (Å²) < 4.78 is 5.79. The molecule has 0 amide bonds. The molecule has 0 atom stereocenters. The van der Waals surface area contributed by atoms with E-state index >= 15 is 0 Å². The third-order valence-corrected chi connectivity index (χ3v) is 3.69. The Hall–Kier alpha value is -2.74. The molecule has 0 heterocycles. The second kappa shape index (κ2) is 8.04. The SMILES string of the molecule is c1ccc(CCNc2ccc(OCc3ccccc3)cc2)cc1. The fourth-order valence-corrected chi connectivity index (χ4v) is 2.41. The summed E-state index contributed by atoms with van der Waals surface area (Å²) in [7, 11) is 0. The van der Waals surface area contributed by atoms with Gasteiger partial charge in [-0.05, 0) is 41.8 Å². The predicted octanol–water partition coefficient (Wildman–Crippen LogP) is 4.92. The summed E-state index contributed by atoms with van der Waals surface area (Å²) in [6.45, 7) is 1.52. The molecular formula is C21H21NO. The summed E-state index contributed by atoms with van der Waals surface area (Å²) in [6, 6.07) is 28.9. The maximum Gasteiger partial charge on any atom is 0.119 e. The van der Waals surface area contributed by atoms with Crippen molar-refractivity contribution >= 4 is 5.69 Å².